The van der Waals surface area contributed by atoms with Crippen molar-refractivity contribution in [1.82, 2.24) is 0 Å². The molecule has 0 aromatic heterocycles. The zero-order valence-corrected chi connectivity index (χ0v) is 23.8. The molecule has 0 spiro atoms. The lowest BCUT2D eigenvalue weighted by molar-refractivity contribution is 0.628. The molecule has 0 amide bonds. The van der Waals surface area contributed by atoms with E-state index in [0.717, 1.165) is 22.5 Å². The normalized spacial score (nSPS) is 14.5. The maximum Gasteiger partial charge on any atom is 0.252 e. The van der Waals surface area contributed by atoms with Crippen molar-refractivity contribution < 1.29 is 4.39 Å². The number of anilines is 6. The second-order valence-corrected chi connectivity index (χ2v) is 13.2. The molecule has 4 heterocycles. The first-order valence-electron chi connectivity index (χ1n) is 14.1. The van der Waals surface area contributed by atoms with Crippen molar-refractivity contribution in [2.24, 2.45) is 0 Å². The first-order valence-corrected chi connectivity index (χ1v) is 15.7. The Kier molecular flexibility index (Phi) is 4.61. The molecule has 0 saturated carbocycles. The Hall–Kier alpha value is -4.39. The monoisotopic (exact) mass is 574 g/mol. The smallest absolute Gasteiger partial charge is 0.252 e. The summed E-state index contributed by atoms with van der Waals surface area (Å²) in [6.45, 7) is 0.0886. The van der Waals surface area contributed by atoms with Gasteiger partial charge in [0, 0.05) is 31.0 Å². The molecular weight excluding hydrogens is 554 g/mol. The van der Waals surface area contributed by atoms with E-state index in [9.17, 15) is 4.39 Å². The van der Waals surface area contributed by atoms with Crippen molar-refractivity contribution in [1.29, 1.82) is 0 Å². The topological polar surface area (TPSA) is 6.48 Å². The third-order valence-corrected chi connectivity index (χ3v) is 11.1. The molecule has 6 aromatic carbocycles. The van der Waals surface area contributed by atoms with Gasteiger partial charge >= 0.3 is 0 Å². The van der Waals surface area contributed by atoms with Gasteiger partial charge in [-0.1, -0.05) is 84.2 Å². The van der Waals surface area contributed by atoms with E-state index in [0.29, 0.717) is 0 Å². The highest BCUT2D eigenvalue weighted by atomic mass is 32.2. The van der Waals surface area contributed by atoms with Crippen LogP contribution in [0.3, 0.4) is 0 Å². The first-order chi connectivity index (χ1) is 20.7. The van der Waals surface area contributed by atoms with Crippen molar-refractivity contribution in [3.63, 3.8) is 0 Å². The zero-order chi connectivity index (χ0) is 27.5. The van der Waals surface area contributed by atoms with Gasteiger partial charge < -0.3 is 9.80 Å². The maximum absolute atomic E-state index is 14.6. The molecule has 0 N–H and O–H groups in total. The minimum Gasteiger partial charge on any atom is -0.309 e. The van der Waals surface area contributed by atoms with Crippen molar-refractivity contribution in [3.8, 4) is 11.1 Å². The van der Waals surface area contributed by atoms with Gasteiger partial charge in [-0.05, 0) is 88.2 Å². The molecule has 10 rings (SSSR count). The zero-order valence-electron chi connectivity index (χ0n) is 22.2. The van der Waals surface area contributed by atoms with Crippen LogP contribution in [0.5, 0.6) is 0 Å². The van der Waals surface area contributed by atoms with Gasteiger partial charge in [0.15, 0.2) is 0 Å². The number of halogens is 1. The molecule has 0 radical (unpaired) electrons. The fourth-order valence-electron chi connectivity index (χ4n) is 7.22. The van der Waals surface area contributed by atoms with Crippen LogP contribution >= 0.6 is 23.5 Å². The maximum atomic E-state index is 14.6. The molecule has 0 bridgehead atoms. The summed E-state index contributed by atoms with van der Waals surface area (Å²) in [6.07, 6.45) is 0. The summed E-state index contributed by atoms with van der Waals surface area (Å²) < 4.78 is 14.6. The summed E-state index contributed by atoms with van der Waals surface area (Å²) in [5, 5.41) is 0. The van der Waals surface area contributed by atoms with E-state index in [2.05, 4.69) is 107 Å². The molecule has 2 nitrogen and oxygen atoms in total. The Morgan fingerprint density at radius 2 is 1.00 bits per heavy atom. The number of rotatable bonds is 1. The van der Waals surface area contributed by atoms with Crippen molar-refractivity contribution >= 4 is 80.7 Å². The molecule has 4 aliphatic rings. The predicted octanol–water partition coefficient (Wildman–Crippen LogP) is 8.50. The van der Waals surface area contributed by atoms with Crippen molar-refractivity contribution in [2.75, 3.05) is 9.80 Å². The van der Waals surface area contributed by atoms with Crippen molar-refractivity contribution in [3.05, 3.63) is 127 Å². The second kappa shape index (κ2) is 8.34. The fraction of sp³-hybridized carbons (Fsp3) is 0. The minimum absolute atomic E-state index is 0.0886. The number of nitrogens with zero attached hydrogens (tertiary/aromatic N) is 2. The van der Waals surface area contributed by atoms with E-state index in [4.69, 9.17) is 0 Å². The SMILES string of the molecule is Fc1cccc(-c2cc3c4c(c2)N2c5ccccc5Sc5cccc(c52)B4c2cccc4c2N3c2ccccc2S4)c1. The van der Waals surface area contributed by atoms with Gasteiger partial charge in [0.25, 0.3) is 6.71 Å². The van der Waals surface area contributed by atoms with E-state index >= 15 is 0 Å². The Labute approximate surface area is 251 Å². The highest BCUT2D eigenvalue weighted by Crippen LogP contribution is 2.56. The average molecular weight is 575 g/mol. The number of benzene rings is 6. The van der Waals surface area contributed by atoms with Gasteiger partial charge in [0.05, 0.1) is 22.7 Å². The molecule has 0 aliphatic carbocycles. The van der Waals surface area contributed by atoms with Crippen LogP contribution in [0.4, 0.5) is 38.5 Å². The van der Waals surface area contributed by atoms with E-state index in [1.54, 1.807) is 12.1 Å². The van der Waals surface area contributed by atoms with E-state index < -0.39 is 0 Å². The van der Waals surface area contributed by atoms with Gasteiger partial charge in [0.2, 0.25) is 0 Å². The molecule has 0 atom stereocenters. The van der Waals surface area contributed by atoms with Gasteiger partial charge in [-0.25, -0.2) is 4.39 Å². The second-order valence-electron chi connectivity index (χ2n) is 11.1. The largest absolute Gasteiger partial charge is 0.309 e. The van der Waals surface area contributed by atoms with E-state index in [1.165, 1.54) is 64.8 Å². The Morgan fingerprint density at radius 3 is 1.57 bits per heavy atom. The third kappa shape index (κ3) is 2.98. The molecule has 42 heavy (non-hydrogen) atoms. The Morgan fingerprint density at radius 1 is 0.476 bits per heavy atom. The molecule has 6 aromatic rings. The third-order valence-electron chi connectivity index (χ3n) is 8.85. The number of fused-ring (bicyclic) bond motifs is 8. The van der Waals surface area contributed by atoms with Gasteiger partial charge in [-0.3, -0.25) is 0 Å². The van der Waals surface area contributed by atoms with Crippen LogP contribution in [0.15, 0.2) is 141 Å². The summed E-state index contributed by atoms with van der Waals surface area (Å²) in [7, 11) is 0. The lowest BCUT2D eigenvalue weighted by atomic mass is 9.33. The van der Waals surface area contributed by atoms with E-state index in [1.807, 2.05) is 29.6 Å². The van der Waals surface area contributed by atoms with Crippen LogP contribution in [0, 0.1) is 5.82 Å². The molecule has 196 valence electrons. The van der Waals surface area contributed by atoms with Crippen LogP contribution in [0.1, 0.15) is 0 Å². The lowest BCUT2D eigenvalue weighted by Crippen LogP contribution is -2.62. The van der Waals surface area contributed by atoms with Crippen LogP contribution in [-0.2, 0) is 0 Å². The molecule has 0 fully saturated rings. The summed E-state index contributed by atoms with van der Waals surface area (Å²) >= 11 is 3.69. The minimum atomic E-state index is -0.226. The molecule has 6 heteroatoms. The summed E-state index contributed by atoms with van der Waals surface area (Å²) in [6, 6.07) is 42.5. The molecule has 0 saturated heterocycles. The van der Waals surface area contributed by atoms with Gasteiger partial charge in [-0.15, -0.1) is 0 Å². The standard InChI is InChI=1S/C36H20BFN2S2/c38-23-9-5-8-21(18-23)22-19-28-34-29(20-22)40-27-13-2-4-15-31(27)42-33-17-7-11-25(36(33)40)37(34)24-10-6-16-32-35(24)39(28)26-12-1-3-14-30(26)41-32/h1-20H. The van der Waals surface area contributed by atoms with Crippen LogP contribution < -0.4 is 26.2 Å². The summed E-state index contributed by atoms with van der Waals surface area (Å²) in [5.41, 5.74) is 13.1. The van der Waals surface area contributed by atoms with Crippen LogP contribution in [0.25, 0.3) is 11.1 Å². The van der Waals surface area contributed by atoms with Crippen molar-refractivity contribution in [2.45, 2.75) is 19.6 Å². The highest BCUT2D eigenvalue weighted by Gasteiger charge is 2.47. The average Bonchev–Trinajstić information content (AvgIpc) is 3.03. The molecule has 4 aliphatic heterocycles. The Bertz CT molecular complexity index is 2040. The number of para-hydroxylation sites is 4. The fourth-order valence-corrected chi connectivity index (χ4v) is 9.42. The highest BCUT2D eigenvalue weighted by molar-refractivity contribution is 8.00. The van der Waals surface area contributed by atoms with Gasteiger partial charge in [0.1, 0.15) is 5.82 Å². The van der Waals surface area contributed by atoms with E-state index in [-0.39, 0.29) is 12.5 Å². The predicted molar refractivity (Wildman–Crippen MR) is 174 cm³/mol. The van der Waals surface area contributed by atoms with Crippen LogP contribution in [0.2, 0.25) is 0 Å². The molecule has 0 unspecified atom stereocenters. The number of hydrogen-bond donors (Lipinski definition) is 0. The quantitative estimate of drug-likeness (QED) is 0.181. The Balaban J connectivity index is 1.37. The molecular formula is C36H20BFN2S2. The first kappa shape index (κ1) is 23.2. The van der Waals surface area contributed by atoms with Crippen LogP contribution in [-0.4, -0.2) is 6.71 Å². The summed E-state index contributed by atoms with van der Waals surface area (Å²) in [5.74, 6) is -0.226. The lowest BCUT2D eigenvalue weighted by Gasteiger charge is -2.47. The summed E-state index contributed by atoms with van der Waals surface area (Å²) in [4.78, 5) is 9.94. The van der Waals surface area contributed by atoms with Gasteiger partial charge in [-0.2, -0.15) is 0 Å². The number of hydrogen-bond acceptors (Lipinski definition) is 4.